The van der Waals surface area contributed by atoms with E-state index in [4.69, 9.17) is 0 Å². The van der Waals surface area contributed by atoms with E-state index in [0.717, 1.165) is 42.1 Å². The molecule has 3 N–H and O–H groups in total. The normalized spacial score (nSPS) is 20.4. The molecule has 0 spiro atoms. The van der Waals surface area contributed by atoms with Gasteiger partial charge in [0.2, 0.25) is 5.91 Å². The Hall–Kier alpha value is -2.83. The summed E-state index contributed by atoms with van der Waals surface area (Å²) in [6.07, 6.45) is 6.74. The molecule has 27 heavy (non-hydrogen) atoms. The first-order chi connectivity index (χ1) is 13.1. The second-order valence-corrected chi connectivity index (χ2v) is 7.35. The highest BCUT2D eigenvalue weighted by molar-refractivity contribution is 6.05. The number of carbonyl (C=O) groups is 3. The number of H-pyrrole nitrogens is 1. The fourth-order valence-electron chi connectivity index (χ4n) is 4.04. The summed E-state index contributed by atoms with van der Waals surface area (Å²) in [4.78, 5) is 41.3. The Morgan fingerprint density at radius 3 is 2.78 bits per heavy atom. The van der Waals surface area contributed by atoms with Gasteiger partial charge in [-0.15, -0.1) is 0 Å². The van der Waals surface area contributed by atoms with Gasteiger partial charge in [-0.05, 0) is 30.9 Å². The van der Waals surface area contributed by atoms with Gasteiger partial charge in [0.05, 0.1) is 6.42 Å². The SMILES string of the molecule is O=C(C[C@H]1NC(=O)N(CCc2c[nH]c3ccccc23)C1=O)NC1CCCC1. The Labute approximate surface area is 157 Å². The van der Waals surface area contributed by atoms with E-state index in [1.54, 1.807) is 0 Å². The van der Waals surface area contributed by atoms with E-state index in [9.17, 15) is 14.4 Å². The number of hydrogen-bond donors (Lipinski definition) is 3. The van der Waals surface area contributed by atoms with E-state index in [-0.39, 0.29) is 24.3 Å². The van der Waals surface area contributed by atoms with Gasteiger partial charge in [0.25, 0.3) is 5.91 Å². The standard InChI is InChI=1S/C20H24N4O3/c25-18(22-14-5-1-2-6-14)11-17-19(26)24(20(27)23-17)10-9-13-12-21-16-8-4-3-7-15(13)16/h3-4,7-8,12,14,17,21H,1-2,5-6,9-11H2,(H,22,25)(H,23,27)/t17-/m1/s1. The molecule has 1 aliphatic carbocycles. The third-order valence-corrected chi connectivity index (χ3v) is 5.50. The van der Waals surface area contributed by atoms with Crippen LogP contribution < -0.4 is 10.6 Å². The lowest BCUT2D eigenvalue weighted by atomic mass is 10.1. The zero-order valence-electron chi connectivity index (χ0n) is 15.2. The average Bonchev–Trinajstić information content (AvgIpc) is 3.36. The van der Waals surface area contributed by atoms with Crippen molar-refractivity contribution in [3.05, 3.63) is 36.0 Å². The zero-order valence-corrected chi connectivity index (χ0v) is 15.2. The predicted octanol–water partition coefficient (Wildman–Crippen LogP) is 2.08. The minimum atomic E-state index is -0.762. The third kappa shape index (κ3) is 3.67. The summed E-state index contributed by atoms with van der Waals surface area (Å²) >= 11 is 0. The summed E-state index contributed by atoms with van der Waals surface area (Å²) in [5, 5.41) is 6.71. The van der Waals surface area contributed by atoms with Crippen LogP contribution in [-0.2, 0) is 16.0 Å². The van der Waals surface area contributed by atoms with Gasteiger partial charge in [0.1, 0.15) is 6.04 Å². The van der Waals surface area contributed by atoms with Crippen molar-refractivity contribution in [3.8, 4) is 0 Å². The number of benzene rings is 1. The van der Waals surface area contributed by atoms with Crippen LogP contribution in [0.15, 0.2) is 30.5 Å². The van der Waals surface area contributed by atoms with Gasteiger partial charge in [0, 0.05) is 29.7 Å². The largest absolute Gasteiger partial charge is 0.361 e. The van der Waals surface area contributed by atoms with E-state index in [0.29, 0.717) is 13.0 Å². The number of imide groups is 1. The van der Waals surface area contributed by atoms with Crippen molar-refractivity contribution < 1.29 is 14.4 Å². The van der Waals surface area contributed by atoms with Gasteiger partial charge >= 0.3 is 6.03 Å². The van der Waals surface area contributed by atoms with Crippen LogP contribution in [-0.4, -0.2) is 46.4 Å². The van der Waals surface area contributed by atoms with Gasteiger partial charge in [-0.1, -0.05) is 31.0 Å². The highest BCUT2D eigenvalue weighted by Gasteiger charge is 2.39. The number of rotatable bonds is 6. The Balaban J connectivity index is 1.34. The van der Waals surface area contributed by atoms with Crippen LogP contribution in [0.3, 0.4) is 0 Å². The smallest absolute Gasteiger partial charge is 0.324 e. The van der Waals surface area contributed by atoms with Crippen LogP contribution in [0.2, 0.25) is 0 Å². The number of nitrogens with zero attached hydrogens (tertiary/aromatic N) is 1. The van der Waals surface area contributed by atoms with Crippen molar-refractivity contribution in [3.63, 3.8) is 0 Å². The first-order valence-electron chi connectivity index (χ1n) is 9.58. The molecule has 0 radical (unpaired) electrons. The van der Waals surface area contributed by atoms with Gasteiger partial charge in [-0.3, -0.25) is 14.5 Å². The topological polar surface area (TPSA) is 94.3 Å². The lowest BCUT2D eigenvalue weighted by molar-refractivity contribution is -0.131. The molecule has 1 atom stereocenters. The molecule has 4 rings (SSSR count). The van der Waals surface area contributed by atoms with E-state index < -0.39 is 12.1 Å². The molecule has 7 heteroatoms. The van der Waals surface area contributed by atoms with Crippen molar-refractivity contribution in [2.75, 3.05) is 6.54 Å². The first-order valence-corrected chi connectivity index (χ1v) is 9.58. The quantitative estimate of drug-likeness (QED) is 0.682. The van der Waals surface area contributed by atoms with Crippen LogP contribution in [0, 0.1) is 0 Å². The van der Waals surface area contributed by atoms with Crippen LogP contribution in [0.4, 0.5) is 4.79 Å². The number of amides is 4. The minimum absolute atomic E-state index is 0.00462. The number of urea groups is 1. The molecule has 142 valence electrons. The maximum Gasteiger partial charge on any atom is 0.324 e. The summed E-state index contributed by atoms with van der Waals surface area (Å²) in [6.45, 7) is 0.299. The maximum atomic E-state index is 12.6. The van der Waals surface area contributed by atoms with Crippen molar-refractivity contribution in [2.45, 2.75) is 50.6 Å². The van der Waals surface area contributed by atoms with E-state index >= 15 is 0 Å². The van der Waals surface area contributed by atoms with Crippen molar-refractivity contribution >= 4 is 28.7 Å². The molecule has 2 aromatic rings. The highest BCUT2D eigenvalue weighted by atomic mass is 16.2. The lowest BCUT2D eigenvalue weighted by Crippen LogP contribution is -2.39. The zero-order chi connectivity index (χ0) is 18.8. The molecule has 2 heterocycles. The second kappa shape index (κ2) is 7.42. The number of nitrogens with one attached hydrogen (secondary N) is 3. The molecule has 1 saturated heterocycles. The summed E-state index contributed by atoms with van der Waals surface area (Å²) in [7, 11) is 0. The molecule has 2 fully saturated rings. The minimum Gasteiger partial charge on any atom is -0.361 e. The number of carbonyl (C=O) groups excluding carboxylic acids is 3. The lowest BCUT2D eigenvalue weighted by Gasteiger charge is -2.14. The van der Waals surface area contributed by atoms with Crippen LogP contribution in [0.1, 0.15) is 37.7 Å². The van der Waals surface area contributed by atoms with Gasteiger partial charge in [-0.25, -0.2) is 4.79 Å². The van der Waals surface area contributed by atoms with Crippen LogP contribution in [0.5, 0.6) is 0 Å². The summed E-state index contributed by atoms with van der Waals surface area (Å²) in [5.74, 6) is -0.486. The molecular formula is C20H24N4O3. The van der Waals surface area contributed by atoms with Gasteiger partial charge < -0.3 is 15.6 Å². The summed E-state index contributed by atoms with van der Waals surface area (Å²) in [6, 6.07) is 6.96. The first kappa shape index (κ1) is 17.6. The van der Waals surface area contributed by atoms with Crippen molar-refractivity contribution in [1.29, 1.82) is 0 Å². The Kier molecular flexibility index (Phi) is 4.83. The molecule has 1 aromatic carbocycles. The monoisotopic (exact) mass is 368 g/mol. The third-order valence-electron chi connectivity index (χ3n) is 5.50. The number of aromatic nitrogens is 1. The van der Waals surface area contributed by atoms with Gasteiger partial charge in [0.15, 0.2) is 0 Å². The molecule has 4 amide bonds. The molecule has 1 aliphatic heterocycles. The fraction of sp³-hybridized carbons (Fsp3) is 0.450. The van der Waals surface area contributed by atoms with Crippen LogP contribution in [0.25, 0.3) is 10.9 Å². The van der Waals surface area contributed by atoms with Gasteiger partial charge in [-0.2, -0.15) is 0 Å². The summed E-state index contributed by atoms with van der Waals surface area (Å²) in [5.41, 5.74) is 2.10. The van der Waals surface area contributed by atoms with Crippen molar-refractivity contribution in [2.24, 2.45) is 0 Å². The fourth-order valence-corrected chi connectivity index (χ4v) is 4.04. The number of hydrogen-bond acceptors (Lipinski definition) is 3. The molecule has 0 unspecified atom stereocenters. The molecule has 1 aromatic heterocycles. The highest BCUT2D eigenvalue weighted by Crippen LogP contribution is 2.20. The van der Waals surface area contributed by atoms with E-state index in [2.05, 4.69) is 15.6 Å². The van der Waals surface area contributed by atoms with Crippen molar-refractivity contribution in [1.82, 2.24) is 20.5 Å². The number of fused-ring (bicyclic) bond motifs is 1. The average molecular weight is 368 g/mol. The molecule has 0 bridgehead atoms. The number of para-hydroxylation sites is 1. The number of aromatic amines is 1. The van der Waals surface area contributed by atoms with Crippen LogP contribution >= 0.6 is 0 Å². The van der Waals surface area contributed by atoms with E-state index in [1.165, 1.54) is 4.90 Å². The molecule has 2 aliphatic rings. The Morgan fingerprint density at radius 1 is 1.19 bits per heavy atom. The Morgan fingerprint density at radius 2 is 1.96 bits per heavy atom. The molecule has 7 nitrogen and oxygen atoms in total. The maximum absolute atomic E-state index is 12.6. The second-order valence-electron chi connectivity index (χ2n) is 7.35. The predicted molar refractivity (Wildman–Crippen MR) is 101 cm³/mol. The Bertz CT molecular complexity index is 869. The van der Waals surface area contributed by atoms with E-state index in [1.807, 2.05) is 30.5 Å². The molecule has 1 saturated carbocycles. The molecular weight excluding hydrogens is 344 g/mol. The summed E-state index contributed by atoms with van der Waals surface area (Å²) < 4.78 is 0.